The minimum atomic E-state index is 0.191. The Morgan fingerprint density at radius 1 is 1.00 bits per heavy atom. The molecule has 0 spiro atoms. The van der Waals surface area contributed by atoms with E-state index in [-0.39, 0.29) is 5.92 Å². The number of hydrogen-bond donors (Lipinski definition) is 1. The van der Waals surface area contributed by atoms with Crippen LogP contribution in [0.25, 0.3) is 0 Å². The van der Waals surface area contributed by atoms with Gasteiger partial charge in [-0.25, -0.2) is 0 Å². The Hall–Kier alpha value is -2.20. The molecule has 0 amide bonds. The smallest absolute Gasteiger partial charge is 0.164 e. The van der Waals surface area contributed by atoms with Crippen LogP contribution in [0.3, 0.4) is 0 Å². The van der Waals surface area contributed by atoms with E-state index in [1.165, 1.54) is 5.56 Å². The Bertz CT molecular complexity index is 643. The van der Waals surface area contributed by atoms with Gasteiger partial charge in [0.05, 0.1) is 20.3 Å². The summed E-state index contributed by atoms with van der Waals surface area (Å²) in [6.45, 7) is 5.76. The molecule has 0 bridgehead atoms. The quantitative estimate of drug-likeness (QED) is 0.761. The summed E-state index contributed by atoms with van der Waals surface area (Å²) in [4.78, 5) is 0. The molecule has 0 radical (unpaired) electrons. The highest BCUT2D eigenvalue weighted by molar-refractivity contribution is 5.47. The number of hydrogen-bond acceptors (Lipinski definition) is 4. The van der Waals surface area contributed by atoms with Crippen molar-refractivity contribution in [2.45, 2.75) is 26.2 Å². The first-order valence-corrected chi connectivity index (χ1v) is 8.44. The minimum Gasteiger partial charge on any atom is -0.494 e. The van der Waals surface area contributed by atoms with Gasteiger partial charge in [0.25, 0.3) is 0 Å². The third kappa shape index (κ3) is 4.42. The van der Waals surface area contributed by atoms with Crippen molar-refractivity contribution in [3.63, 3.8) is 0 Å². The lowest BCUT2D eigenvalue weighted by Crippen LogP contribution is -2.16. The van der Waals surface area contributed by atoms with Crippen molar-refractivity contribution < 1.29 is 14.2 Å². The molecule has 2 rings (SSSR count). The molecule has 0 aliphatic carbocycles. The number of benzene rings is 2. The molecule has 0 aromatic heterocycles. The van der Waals surface area contributed by atoms with Gasteiger partial charge in [-0.1, -0.05) is 24.3 Å². The maximum atomic E-state index is 6.06. The molecule has 0 heterocycles. The molecule has 0 aliphatic rings. The van der Waals surface area contributed by atoms with Gasteiger partial charge in [0.15, 0.2) is 11.5 Å². The number of para-hydroxylation sites is 1. The zero-order valence-corrected chi connectivity index (χ0v) is 14.7. The van der Waals surface area contributed by atoms with Gasteiger partial charge in [-0.3, -0.25) is 0 Å². The van der Waals surface area contributed by atoms with E-state index in [2.05, 4.69) is 18.2 Å². The third-order valence-corrected chi connectivity index (χ3v) is 3.96. The Balaban J connectivity index is 2.29. The Labute approximate surface area is 144 Å². The molecule has 2 aromatic rings. The van der Waals surface area contributed by atoms with E-state index in [9.17, 15) is 0 Å². The van der Waals surface area contributed by atoms with Gasteiger partial charge in [0.1, 0.15) is 5.75 Å². The van der Waals surface area contributed by atoms with Crippen molar-refractivity contribution in [1.29, 1.82) is 0 Å². The molecule has 0 aliphatic heterocycles. The molecule has 130 valence electrons. The molecule has 4 heteroatoms. The normalized spacial score (nSPS) is 11.8. The average molecular weight is 329 g/mol. The van der Waals surface area contributed by atoms with Gasteiger partial charge in [-0.2, -0.15) is 0 Å². The summed E-state index contributed by atoms with van der Waals surface area (Å²) in [5, 5.41) is 0. The summed E-state index contributed by atoms with van der Waals surface area (Å²) < 4.78 is 16.9. The number of methoxy groups -OCH3 is 1. The number of nitrogens with two attached hydrogens (primary N) is 1. The van der Waals surface area contributed by atoms with E-state index in [1.54, 1.807) is 7.11 Å². The van der Waals surface area contributed by atoms with E-state index in [4.69, 9.17) is 19.9 Å². The molecule has 4 nitrogen and oxygen atoms in total. The fraction of sp³-hybridized carbons (Fsp3) is 0.400. The molecule has 2 aromatic carbocycles. The Kier molecular flexibility index (Phi) is 6.94. The Morgan fingerprint density at radius 3 is 2.42 bits per heavy atom. The van der Waals surface area contributed by atoms with Gasteiger partial charge in [-0.15, -0.1) is 0 Å². The molecule has 1 atom stereocenters. The van der Waals surface area contributed by atoms with Crippen molar-refractivity contribution >= 4 is 0 Å². The predicted octanol–water partition coefficient (Wildman–Crippen LogP) is 3.78. The summed E-state index contributed by atoms with van der Waals surface area (Å²) in [6, 6.07) is 14.1. The third-order valence-electron chi connectivity index (χ3n) is 3.96. The molecule has 0 fully saturated rings. The van der Waals surface area contributed by atoms with Crippen molar-refractivity contribution in [2.24, 2.45) is 5.73 Å². The summed E-state index contributed by atoms with van der Waals surface area (Å²) in [5.74, 6) is 2.64. The van der Waals surface area contributed by atoms with Gasteiger partial charge in [0, 0.05) is 5.92 Å². The molecule has 24 heavy (non-hydrogen) atoms. The first kappa shape index (κ1) is 18.1. The zero-order chi connectivity index (χ0) is 17.4. The topological polar surface area (TPSA) is 53.7 Å². The van der Waals surface area contributed by atoms with Crippen molar-refractivity contribution in [2.75, 3.05) is 26.9 Å². The molecule has 0 saturated carbocycles. The first-order valence-electron chi connectivity index (χ1n) is 8.44. The Morgan fingerprint density at radius 2 is 1.75 bits per heavy atom. The predicted molar refractivity (Wildman–Crippen MR) is 97.3 cm³/mol. The van der Waals surface area contributed by atoms with Crippen molar-refractivity contribution in [3.05, 3.63) is 53.6 Å². The maximum Gasteiger partial charge on any atom is 0.164 e. The lowest BCUT2D eigenvalue weighted by atomic mass is 9.91. The first-order chi connectivity index (χ1) is 11.7. The van der Waals surface area contributed by atoms with Crippen LogP contribution in [0.4, 0.5) is 0 Å². The fourth-order valence-corrected chi connectivity index (χ4v) is 2.82. The van der Waals surface area contributed by atoms with Crippen LogP contribution in [0.5, 0.6) is 17.2 Å². The second kappa shape index (κ2) is 9.18. The lowest BCUT2D eigenvalue weighted by molar-refractivity contribution is 0.307. The van der Waals surface area contributed by atoms with E-state index < -0.39 is 0 Å². The highest BCUT2D eigenvalue weighted by Crippen LogP contribution is 2.34. The summed E-state index contributed by atoms with van der Waals surface area (Å²) >= 11 is 0. The van der Waals surface area contributed by atoms with E-state index >= 15 is 0 Å². The van der Waals surface area contributed by atoms with Gasteiger partial charge >= 0.3 is 0 Å². The monoisotopic (exact) mass is 329 g/mol. The van der Waals surface area contributed by atoms with Crippen LogP contribution in [0, 0.1) is 0 Å². The molecule has 1 unspecified atom stereocenters. The van der Waals surface area contributed by atoms with Crippen LogP contribution in [0.15, 0.2) is 42.5 Å². The summed E-state index contributed by atoms with van der Waals surface area (Å²) in [6.07, 6.45) is 0.790. The largest absolute Gasteiger partial charge is 0.494 e. The van der Waals surface area contributed by atoms with Crippen LogP contribution in [0.2, 0.25) is 0 Å². The molecular formula is C20H27NO3. The van der Waals surface area contributed by atoms with Crippen LogP contribution >= 0.6 is 0 Å². The standard InChI is InChI=1S/C20H27NO3/c1-4-23-18-10-6-8-15(13-18)17(14-21)12-16-9-7-11-19(22-3)20(16)24-5-2/h6-11,13,17H,4-5,12,14,21H2,1-3H3. The van der Waals surface area contributed by atoms with E-state index in [0.29, 0.717) is 19.8 Å². The van der Waals surface area contributed by atoms with Crippen LogP contribution in [-0.2, 0) is 6.42 Å². The van der Waals surface area contributed by atoms with Gasteiger partial charge in [0.2, 0.25) is 0 Å². The fourth-order valence-electron chi connectivity index (χ4n) is 2.82. The number of ether oxygens (including phenoxy) is 3. The second-order valence-electron chi connectivity index (χ2n) is 5.52. The van der Waals surface area contributed by atoms with Gasteiger partial charge in [-0.05, 0) is 56.1 Å². The molecule has 0 saturated heterocycles. The lowest BCUT2D eigenvalue weighted by Gasteiger charge is -2.20. The second-order valence-corrected chi connectivity index (χ2v) is 5.52. The average Bonchev–Trinajstić information content (AvgIpc) is 2.61. The summed E-state index contributed by atoms with van der Waals surface area (Å²) in [7, 11) is 1.66. The number of rotatable bonds is 9. The molecule has 2 N–H and O–H groups in total. The van der Waals surface area contributed by atoms with Crippen LogP contribution in [0.1, 0.15) is 30.9 Å². The van der Waals surface area contributed by atoms with Crippen molar-refractivity contribution in [3.8, 4) is 17.2 Å². The van der Waals surface area contributed by atoms with E-state index in [1.807, 2.05) is 38.1 Å². The van der Waals surface area contributed by atoms with Crippen LogP contribution < -0.4 is 19.9 Å². The maximum absolute atomic E-state index is 6.06. The zero-order valence-electron chi connectivity index (χ0n) is 14.7. The highest BCUT2D eigenvalue weighted by atomic mass is 16.5. The minimum absolute atomic E-state index is 0.191. The SMILES string of the molecule is CCOc1cccc(C(CN)Cc2cccc(OC)c2OCC)c1. The highest BCUT2D eigenvalue weighted by Gasteiger charge is 2.17. The summed E-state index contributed by atoms with van der Waals surface area (Å²) in [5.41, 5.74) is 8.34. The van der Waals surface area contributed by atoms with Crippen LogP contribution in [-0.4, -0.2) is 26.9 Å². The van der Waals surface area contributed by atoms with Gasteiger partial charge < -0.3 is 19.9 Å². The van der Waals surface area contributed by atoms with Crippen molar-refractivity contribution in [1.82, 2.24) is 0 Å². The molecular weight excluding hydrogens is 302 g/mol. The van der Waals surface area contributed by atoms with E-state index in [0.717, 1.165) is 29.2 Å².